The van der Waals surface area contributed by atoms with Crippen molar-refractivity contribution in [2.24, 2.45) is 0 Å². The highest BCUT2D eigenvalue weighted by molar-refractivity contribution is 9.10. The van der Waals surface area contributed by atoms with Crippen molar-refractivity contribution >= 4 is 55.6 Å². The average molecular weight is 356 g/mol. The van der Waals surface area contributed by atoms with Gasteiger partial charge in [0.05, 0.1) is 6.54 Å². The second-order valence-corrected chi connectivity index (χ2v) is 5.40. The van der Waals surface area contributed by atoms with Gasteiger partial charge in [0.2, 0.25) is 0 Å². The summed E-state index contributed by atoms with van der Waals surface area (Å²) in [6, 6.07) is 5.74. The summed E-state index contributed by atoms with van der Waals surface area (Å²) in [5, 5.41) is 12.0. The molecular weight excluding hydrogens is 348 g/mol. The largest absolute Gasteiger partial charge is 0.465 e. The van der Waals surface area contributed by atoms with Gasteiger partial charge >= 0.3 is 6.09 Å². The van der Waals surface area contributed by atoms with Gasteiger partial charge in [-0.15, -0.1) is 0 Å². The third-order valence-electron chi connectivity index (χ3n) is 2.81. The SMILES string of the molecule is O=C(O)NCc1nc(Cl)c2[nH]c3ccc(Br)cc3c2n1. The van der Waals surface area contributed by atoms with Gasteiger partial charge in [-0.05, 0) is 18.2 Å². The Balaban J connectivity index is 2.19. The molecule has 3 N–H and O–H groups in total. The average Bonchev–Trinajstić information content (AvgIpc) is 2.75. The van der Waals surface area contributed by atoms with Crippen LogP contribution >= 0.6 is 27.5 Å². The van der Waals surface area contributed by atoms with Crippen molar-refractivity contribution in [2.45, 2.75) is 6.54 Å². The molecule has 0 spiro atoms. The minimum atomic E-state index is -1.13. The molecule has 8 heteroatoms. The Bertz CT molecular complexity index is 833. The minimum absolute atomic E-state index is 0.00562. The molecule has 3 rings (SSSR count). The fraction of sp³-hybridized carbons (Fsp3) is 0.0833. The number of hydrogen-bond acceptors (Lipinski definition) is 3. The molecule has 20 heavy (non-hydrogen) atoms. The fourth-order valence-electron chi connectivity index (χ4n) is 1.97. The van der Waals surface area contributed by atoms with Crippen LogP contribution < -0.4 is 5.32 Å². The third kappa shape index (κ3) is 2.30. The molecule has 0 saturated heterocycles. The van der Waals surface area contributed by atoms with Crippen LogP contribution in [0.15, 0.2) is 22.7 Å². The first kappa shape index (κ1) is 13.1. The van der Waals surface area contributed by atoms with E-state index in [1.54, 1.807) is 0 Å². The maximum Gasteiger partial charge on any atom is 0.405 e. The Morgan fingerprint density at radius 3 is 3.00 bits per heavy atom. The zero-order chi connectivity index (χ0) is 14.3. The molecule has 2 heterocycles. The Labute approximate surface area is 126 Å². The van der Waals surface area contributed by atoms with Crippen LogP contribution in [0.1, 0.15) is 5.82 Å². The molecular formula is C12H8BrClN4O2. The van der Waals surface area contributed by atoms with Crippen LogP contribution in [-0.2, 0) is 6.54 Å². The summed E-state index contributed by atoms with van der Waals surface area (Å²) in [4.78, 5) is 22.1. The summed E-state index contributed by atoms with van der Waals surface area (Å²) in [7, 11) is 0. The highest BCUT2D eigenvalue weighted by Crippen LogP contribution is 2.29. The Morgan fingerprint density at radius 1 is 1.45 bits per heavy atom. The first-order valence-corrected chi connectivity index (χ1v) is 6.82. The summed E-state index contributed by atoms with van der Waals surface area (Å²) < 4.78 is 0.922. The highest BCUT2D eigenvalue weighted by Gasteiger charge is 2.12. The standard InChI is InChI=1S/C12H8BrClN4O2/c13-5-1-2-7-6(3-5)9-10(16-7)11(14)18-8(17-9)4-15-12(19)20/h1-3,15-16H,4H2,(H,19,20). The van der Waals surface area contributed by atoms with Gasteiger partial charge in [0, 0.05) is 15.4 Å². The van der Waals surface area contributed by atoms with Gasteiger partial charge in [-0.25, -0.2) is 14.8 Å². The van der Waals surface area contributed by atoms with Gasteiger partial charge < -0.3 is 15.4 Å². The summed E-state index contributed by atoms with van der Waals surface area (Å²) in [5.41, 5.74) is 2.20. The number of amides is 1. The summed E-state index contributed by atoms with van der Waals surface area (Å²) in [5.74, 6) is 0.325. The van der Waals surface area contributed by atoms with E-state index in [0.717, 1.165) is 15.4 Å². The number of aromatic amines is 1. The molecule has 1 amide bonds. The van der Waals surface area contributed by atoms with E-state index < -0.39 is 6.09 Å². The maximum absolute atomic E-state index is 10.5. The lowest BCUT2D eigenvalue weighted by molar-refractivity contribution is 0.193. The van der Waals surface area contributed by atoms with Crippen molar-refractivity contribution in [3.63, 3.8) is 0 Å². The first-order chi connectivity index (χ1) is 9.54. The van der Waals surface area contributed by atoms with Gasteiger partial charge in [-0.3, -0.25) is 0 Å². The Morgan fingerprint density at radius 2 is 2.25 bits per heavy atom. The molecule has 0 saturated carbocycles. The van der Waals surface area contributed by atoms with Gasteiger partial charge in [-0.2, -0.15) is 0 Å². The molecule has 0 aliphatic carbocycles. The van der Waals surface area contributed by atoms with Crippen LogP contribution in [0.2, 0.25) is 5.15 Å². The van der Waals surface area contributed by atoms with Crippen LogP contribution in [0.25, 0.3) is 21.9 Å². The van der Waals surface area contributed by atoms with E-state index in [1.165, 1.54) is 0 Å². The van der Waals surface area contributed by atoms with Crippen molar-refractivity contribution in [1.29, 1.82) is 0 Å². The third-order valence-corrected chi connectivity index (χ3v) is 3.57. The Kier molecular flexibility index (Phi) is 3.23. The number of carbonyl (C=O) groups is 1. The van der Waals surface area contributed by atoms with Crippen LogP contribution in [0, 0.1) is 0 Å². The number of halogens is 2. The number of nitrogens with one attached hydrogen (secondary N) is 2. The number of H-pyrrole nitrogens is 1. The van der Waals surface area contributed by atoms with E-state index in [4.69, 9.17) is 16.7 Å². The molecule has 1 aromatic carbocycles. The van der Waals surface area contributed by atoms with Crippen LogP contribution in [0.5, 0.6) is 0 Å². The van der Waals surface area contributed by atoms with E-state index in [1.807, 2.05) is 18.2 Å². The Hall–Kier alpha value is -1.86. The number of aromatic nitrogens is 3. The van der Waals surface area contributed by atoms with Gasteiger partial charge in [0.15, 0.2) is 5.15 Å². The predicted molar refractivity (Wildman–Crippen MR) is 79.0 cm³/mol. The number of hydrogen-bond donors (Lipinski definition) is 3. The molecule has 0 unspecified atom stereocenters. The second-order valence-electron chi connectivity index (χ2n) is 4.13. The summed E-state index contributed by atoms with van der Waals surface area (Å²) in [6.07, 6.45) is -1.13. The molecule has 0 atom stereocenters. The van der Waals surface area contributed by atoms with E-state index in [-0.39, 0.29) is 11.7 Å². The predicted octanol–water partition coefficient (Wildman–Crippen LogP) is 3.29. The van der Waals surface area contributed by atoms with Crippen molar-refractivity contribution in [3.8, 4) is 0 Å². The maximum atomic E-state index is 10.5. The topological polar surface area (TPSA) is 90.9 Å². The first-order valence-electron chi connectivity index (χ1n) is 5.65. The quantitative estimate of drug-likeness (QED) is 0.615. The molecule has 0 bridgehead atoms. The smallest absolute Gasteiger partial charge is 0.405 e. The number of nitrogens with zero attached hydrogens (tertiary/aromatic N) is 2. The van der Waals surface area contributed by atoms with Gasteiger partial charge in [0.25, 0.3) is 0 Å². The molecule has 0 aliphatic heterocycles. The number of rotatable bonds is 2. The molecule has 0 aliphatic rings. The minimum Gasteiger partial charge on any atom is -0.465 e. The highest BCUT2D eigenvalue weighted by atomic mass is 79.9. The molecule has 2 aromatic heterocycles. The summed E-state index contributed by atoms with van der Waals surface area (Å²) >= 11 is 9.53. The lowest BCUT2D eigenvalue weighted by Gasteiger charge is -2.01. The van der Waals surface area contributed by atoms with Gasteiger partial charge in [-0.1, -0.05) is 27.5 Å². The van der Waals surface area contributed by atoms with Crippen molar-refractivity contribution in [3.05, 3.63) is 33.6 Å². The normalized spacial score (nSPS) is 11.1. The molecule has 6 nitrogen and oxygen atoms in total. The van der Waals surface area contributed by atoms with Crippen LogP contribution in [-0.4, -0.2) is 26.2 Å². The number of carboxylic acid groups (broad SMARTS) is 1. The zero-order valence-corrected chi connectivity index (χ0v) is 12.3. The van der Waals surface area contributed by atoms with E-state index in [0.29, 0.717) is 16.9 Å². The van der Waals surface area contributed by atoms with Gasteiger partial charge in [0.1, 0.15) is 16.9 Å². The fourth-order valence-corrected chi connectivity index (χ4v) is 2.57. The van der Waals surface area contributed by atoms with E-state index in [9.17, 15) is 4.79 Å². The van der Waals surface area contributed by atoms with Crippen LogP contribution in [0.4, 0.5) is 4.79 Å². The lowest BCUT2D eigenvalue weighted by atomic mass is 10.2. The monoisotopic (exact) mass is 354 g/mol. The lowest BCUT2D eigenvalue weighted by Crippen LogP contribution is -2.21. The van der Waals surface area contributed by atoms with E-state index >= 15 is 0 Å². The van der Waals surface area contributed by atoms with Crippen molar-refractivity contribution in [2.75, 3.05) is 0 Å². The van der Waals surface area contributed by atoms with Crippen molar-refractivity contribution in [1.82, 2.24) is 20.3 Å². The molecule has 3 aromatic rings. The zero-order valence-electron chi connectivity index (χ0n) is 9.94. The number of benzene rings is 1. The number of fused-ring (bicyclic) bond motifs is 3. The molecule has 102 valence electrons. The van der Waals surface area contributed by atoms with Crippen LogP contribution in [0.3, 0.4) is 0 Å². The molecule has 0 fully saturated rings. The van der Waals surface area contributed by atoms with Crippen molar-refractivity contribution < 1.29 is 9.90 Å². The summed E-state index contributed by atoms with van der Waals surface area (Å²) in [6.45, 7) is 0.00562. The molecule has 0 radical (unpaired) electrons. The van der Waals surface area contributed by atoms with E-state index in [2.05, 4.69) is 36.2 Å². The second kappa shape index (κ2) is 4.92.